The number of halogens is 2. The van der Waals surface area contributed by atoms with Gasteiger partial charge in [0.15, 0.2) is 0 Å². The van der Waals surface area contributed by atoms with Gasteiger partial charge in [0.2, 0.25) is 10.0 Å². The largest absolute Gasteiger partial charge is 0.243 e. The van der Waals surface area contributed by atoms with E-state index in [1.807, 2.05) is 0 Å². The van der Waals surface area contributed by atoms with E-state index in [4.69, 9.17) is 0 Å². The molecule has 0 aromatic heterocycles. The molecule has 1 saturated heterocycles. The molecular weight excluding hydrogens is 324 g/mol. The summed E-state index contributed by atoms with van der Waals surface area (Å²) in [5.41, 5.74) is 0. The van der Waals surface area contributed by atoms with E-state index in [1.54, 1.807) is 0 Å². The number of sulfone groups is 1. The Balaban J connectivity index is 2.22. The topological polar surface area (TPSA) is 71.5 Å². The summed E-state index contributed by atoms with van der Waals surface area (Å²) >= 11 is 0. The molecular formula is C12H15F2NO4S2. The van der Waals surface area contributed by atoms with Gasteiger partial charge in [0.05, 0.1) is 10.1 Å². The molecule has 0 saturated carbocycles. The number of rotatable bonds is 3. The zero-order chi connectivity index (χ0) is 15.8. The van der Waals surface area contributed by atoms with Crippen molar-refractivity contribution in [1.29, 1.82) is 0 Å². The molecule has 0 spiro atoms. The lowest BCUT2D eigenvalue weighted by atomic mass is 10.2. The normalized spacial score (nSPS) is 18.8. The van der Waals surface area contributed by atoms with Crippen LogP contribution in [0.5, 0.6) is 0 Å². The van der Waals surface area contributed by atoms with Gasteiger partial charge >= 0.3 is 0 Å². The van der Waals surface area contributed by atoms with E-state index in [0.29, 0.717) is 6.07 Å². The molecule has 1 aliphatic heterocycles. The average molecular weight is 339 g/mol. The Morgan fingerprint density at radius 1 is 1.00 bits per heavy atom. The third-order valence-electron chi connectivity index (χ3n) is 3.48. The summed E-state index contributed by atoms with van der Waals surface area (Å²) in [6.45, 7) is 0.0242. The smallest absolute Gasteiger partial charge is 0.229 e. The molecule has 0 radical (unpaired) electrons. The van der Waals surface area contributed by atoms with Crippen LogP contribution < -0.4 is 0 Å². The van der Waals surface area contributed by atoms with E-state index >= 15 is 0 Å². The number of hydrogen-bond acceptors (Lipinski definition) is 4. The molecule has 1 aromatic carbocycles. The number of hydrogen-bond donors (Lipinski definition) is 0. The van der Waals surface area contributed by atoms with Crippen molar-refractivity contribution in [3.63, 3.8) is 0 Å². The fraction of sp³-hybridized carbons (Fsp3) is 0.500. The van der Waals surface area contributed by atoms with Crippen molar-refractivity contribution in [1.82, 2.24) is 4.31 Å². The van der Waals surface area contributed by atoms with Crippen LogP contribution >= 0.6 is 0 Å². The molecule has 1 fully saturated rings. The van der Waals surface area contributed by atoms with Crippen molar-refractivity contribution in [2.24, 2.45) is 0 Å². The van der Waals surface area contributed by atoms with E-state index in [1.165, 1.54) is 0 Å². The lowest BCUT2D eigenvalue weighted by molar-refractivity contribution is 0.346. The first-order chi connectivity index (χ1) is 9.60. The van der Waals surface area contributed by atoms with Crippen molar-refractivity contribution in [2.75, 3.05) is 19.3 Å². The standard InChI is InChI=1S/C12H15F2NO4S2/c1-20(16,17)11-2-4-15(5-3-11)21(18,19)12-7-9(13)6-10(14)8-12/h6-8,11H,2-5H2,1H3. The van der Waals surface area contributed by atoms with Crippen LogP contribution in [0.4, 0.5) is 8.78 Å². The number of benzene rings is 1. The third-order valence-corrected chi connectivity index (χ3v) is 7.04. The lowest BCUT2D eigenvalue weighted by Crippen LogP contribution is -2.42. The van der Waals surface area contributed by atoms with Crippen molar-refractivity contribution < 1.29 is 25.6 Å². The molecule has 21 heavy (non-hydrogen) atoms. The van der Waals surface area contributed by atoms with Crippen LogP contribution in [0.25, 0.3) is 0 Å². The molecule has 0 atom stereocenters. The van der Waals surface area contributed by atoms with Gasteiger partial charge < -0.3 is 0 Å². The highest BCUT2D eigenvalue weighted by atomic mass is 32.2. The summed E-state index contributed by atoms with van der Waals surface area (Å²) in [7, 11) is -7.23. The van der Waals surface area contributed by atoms with Crippen LogP contribution in [0.1, 0.15) is 12.8 Å². The Hall–Kier alpha value is -1.06. The Kier molecular flexibility index (Phi) is 4.36. The highest BCUT2D eigenvalue weighted by molar-refractivity contribution is 7.91. The predicted octanol–water partition coefficient (Wildman–Crippen LogP) is 1.16. The van der Waals surface area contributed by atoms with Gasteiger partial charge in [-0.1, -0.05) is 0 Å². The minimum atomic E-state index is -4.02. The molecule has 1 aliphatic rings. The average Bonchev–Trinajstić information content (AvgIpc) is 2.36. The quantitative estimate of drug-likeness (QED) is 0.829. The van der Waals surface area contributed by atoms with E-state index < -0.39 is 41.6 Å². The third kappa shape index (κ3) is 3.58. The summed E-state index contributed by atoms with van der Waals surface area (Å²) in [5.74, 6) is -1.95. The highest BCUT2D eigenvalue weighted by Crippen LogP contribution is 2.24. The zero-order valence-corrected chi connectivity index (χ0v) is 12.9. The Morgan fingerprint density at radius 2 is 1.48 bits per heavy atom. The van der Waals surface area contributed by atoms with Gasteiger partial charge in [-0.2, -0.15) is 4.31 Å². The minimum absolute atomic E-state index is 0.0121. The molecule has 118 valence electrons. The van der Waals surface area contributed by atoms with Gasteiger partial charge in [0.25, 0.3) is 0 Å². The second-order valence-electron chi connectivity index (χ2n) is 5.04. The maximum absolute atomic E-state index is 13.1. The van der Waals surface area contributed by atoms with Crippen LogP contribution in [0, 0.1) is 11.6 Å². The number of sulfonamides is 1. The summed E-state index contributed by atoms with van der Waals surface area (Å²) in [6.07, 6.45) is 1.47. The van der Waals surface area contributed by atoms with Crippen molar-refractivity contribution in [3.8, 4) is 0 Å². The zero-order valence-electron chi connectivity index (χ0n) is 11.3. The van der Waals surface area contributed by atoms with Crippen LogP contribution in [0.3, 0.4) is 0 Å². The summed E-state index contributed by atoms with van der Waals surface area (Å²) < 4.78 is 74.8. The molecule has 5 nitrogen and oxygen atoms in total. The van der Waals surface area contributed by atoms with Crippen LogP contribution in [0.15, 0.2) is 23.1 Å². The summed E-state index contributed by atoms with van der Waals surface area (Å²) in [5, 5.41) is -0.576. The van der Waals surface area contributed by atoms with Crippen LogP contribution in [0.2, 0.25) is 0 Å². The highest BCUT2D eigenvalue weighted by Gasteiger charge is 2.33. The number of nitrogens with zero attached hydrogens (tertiary/aromatic N) is 1. The monoisotopic (exact) mass is 339 g/mol. The second kappa shape index (κ2) is 5.62. The fourth-order valence-electron chi connectivity index (χ4n) is 2.33. The Morgan fingerprint density at radius 3 is 1.90 bits per heavy atom. The minimum Gasteiger partial charge on any atom is -0.229 e. The van der Waals surface area contributed by atoms with Gasteiger partial charge in [-0.15, -0.1) is 0 Å². The van der Waals surface area contributed by atoms with E-state index in [9.17, 15) is 25.6 Å². The first-order valence-corrected chi connectivity index (χ1v) is 9.65. The maximum atomic E-state index is 13.1. The van der Waals surface area contributed by atoms with Crippen molar-refractivity contribution in [2.45, 2.75) is 23.0 Å². The molecule has 0 aliphatic carbocycles. The van der Waals surface area contributed by atoms with E-state index in [-0.39, 0.29) is 25.9 Å². The molecule has 9 heteroatoms. The molecule has 2 rings (SSSR count). The molecule has 1 aromatic rings. The van der Waals surface area contributed by atoms with Gasteiger partial charge in [0.1, 0.15) is 21.5 Å². The first kappa shape index (κ1) is 16.3. The SMILES string of the molecule is CS(=O)(=O)C1CCN(S(=O)(=O)c2cc(F)cc(F)c2)CC1. The molecule has 1 heterocycles. The molecule has 0 amide bonds. The predicted molar refractivity (Wildman–Crippen MR) is 73.0 cm³/mol. The number of piperidine rings is 1. The van der Waals surface area contributed by atoms with Gasteiger partial charge in [-0.25, -0.2) is 25.6 Å². The van der Waals surface area contributed by atoms with Crippen molar-refractivity contribution in [3.05, 3.63) is 29.8 Å². The van der Waals surface area contributed by atoms with E-state index in [0.717, 1.165) is 22.7 Å². The van der Waals surface area contributed by atoms with Gasteiger partial charge in [-0.05, 0) is 25.0 Å². The Bertz CT molecular complexity index is 718. The summed E-state index contributed by atoms with van der Waals surface area (Å²) in [6, 6.07) is 2.09. The van der Waals surface area contributed by atoms with Crippen LogP contribution in [-0.2, 0) is 19.9 Å². The van der Waals surface area contributed by atoms with Crippen LogP contribution in [-0.4, -0.2) is 45.7 Å². The van der Waals surface area contributed by atoms with E-state index in [2.05, 4.69) is 0 Å². The Labute approximate surface area is 122 Å². The molecule has 0 bridgehead atoms. The first-order valence-electron chi connectivity index (χ1n) is 6.26. The molecule has 0 unspecified atom stereocenters. The van der Waals surface area contributed by atoms with Crippen molar-refractivity contribution >= 4 is 19.9 Å². The van der Waals surface area contributed by atoms with Gasteiger partial charge in [-0.3, -0.25) is 0 Å². The molecule has 0 N–H and O–H groups in total. The van der Waals surface area contributed by atoms with Gasteiger partial charge in [0, 0.05) is 25.4 Å². The fourth-order valence-corrected chi connectivity index (χ4v) is 4.91. The second-order valence-corrected chi connectivity index (χ2v) is 9.30. The summed E-state index contributed by atoms with van der Waals surface area (Å²) in [4.78, 5) is -0.460. The maximum Gasteiger partial charge on any atom is 0.243 e. The lowest BCUT2D eigenvalue weighted by Gasteiger charge is -2.30.